The van der Waals surface area contributed by atoms with Gasteiger partial charge in [-0.3, -0.25) is 0 Å². The average molecular weight is 232 g/mol. The molecule has 0 fully saturated rings. The number of benzene rings is 1. The van der Waals surface area contributed by atoms with Gasteiger partial charge in [-0.1, -0.05) is 12.1 Å². The maximum absolute atomic E-state index is 5.55. The number of aromatic amines is 1. The zero-order valence-corrected chi connectivity index (χ0v) is 8.94. The van der Waals surface area contributed by atoms with Gasteiger partial charge in [-0.05, 0) is 17.7 Å². The molecule has 76 valence electrons. The lowest BCUT2D eigenvalue weighted by atomic mass is 10.1. The molecule has 0 radical (unpaired) electrons. The molecule has 2 rings (SSSR count). The molecule has 0 amide bonds. The molecule has 0 atom stereocenters. The highest BCUT2D eigenvalue weighted by molar-refractivity contribution is 5.85. The zero-order chi connectivity index (χ0) is 8.39. The van der Waals surface area contributed by atoms with Gasteiger partial charge in [0.1, 0.15) is 0 Å². The van der Waals surface area contributed by atoms with Crippen LogP contribution in [0.5, 0.6) is 0 Å². The Balaban J connectivity index is 0.000000845. The number of anilines is 1. The Morgan fingerprint density at radius 1 is 1.07 bits per heavy atom. The first-order chi connectivity index (χ1) is 5.86. The average Bonchev–Trinajstić information content (AvgIpc) is 2.58. The molecule has 5 heteroatoms. The number of aromatic nitrogens is 2. The summed E-state index contributed by atoms with van der Waals surface area (Å²) in [6.07, 6.45) is 3.44. The molecule has 2 aromatic rings. The lowest BCUT2D eigenvalue weighted by Gasteiger charge is -1.96. The van der Waals surface area contributed by atoms with Crippen molar-refractivity contribution < 1.29 is 0 Å². The van der Waals surface area contributed by atoms with Crippen LogP contribution in [0.15, 0.2) is 36.8 Å². The molecule has 0 aliphatic heterocycles. The third-order valence-electron chi connectivity index (χ3n) is 1.72. The van der Waals surface area contributed by atoms with Gasteiger partial charge in [0.05, 0.1) is 18.2 Å². The molecule has 0 saturated heterocycles. The SMILES string of the molecule is Cl.Cl.Nc1ccc(-c2cnc[nH]2)cc1. The van der Waals surface area contributed by atoms with E-state index in [0.717, 1.165) is 16.9 Å². The van der Waals surface area contributed by atoms with Crippen LogP contribution in [0.2, 0.25) is 0 Å². The van der Waals surface area contributed by atoms with Crippen LogP contribution >= 0.6 is 24.8 Å². The standard InChI is InChI=1S/C9H9N3.2ClH/c10-8-3-1-7(2-4-8)9-5-11-6-12-9;;/h1-6H,10H2,(H,11,12);2*1H. The van der Waals surface area contributed by atoms with Crippen molar-refractivity contribution in [3.8, 4) is 11.3 Å². The number of rotatable bonds is 1. The third-order valence-corrected chi connectivity index (χ3v) is 1.72. The second-order valence-electron chi connectivity index (χ2n) is 2.59. The van der Waals surface area contributed by atoms with Crippen molar-refractivity contribution in [3.05, 3.63) is 36.8 Å². The maximum atomic E-state index is 5.55. The van der Waals surface area contributed by atoms with Gasteiger partial charge >= 0.3 is 0 Å². The first-order valence-electron chi connectivity index (χ1n) is 3.70. The van der Waals surface area contributed by atoms with Gasteiger partial charge in [0.2, 0.25) is 0 Å². The quantitative estimate of drug-likeness (QED) is 0.742. The van der Waals surface area contributed by atoms with E-state index < -0.39 is 0 Å². The molecule has 0 unspecified atom stereocenters. The number of nitrogens with one attached hydrogen (secondary N) is 1. The topological polar surface area (TPSA) is 54.7 Å². The summed E-state index contributed by atoms with van der Waals surface area (Å²) in [6.45, 7) is 0. The zero-order valence-electron chi connectivity index (χ0n) is 7.31. The summed E-state index contributed by atoms with van der Waals surface area (Å²) >= 11 is 0. The highest BCUT2D eigenvalue weighted by Gasteiger charge is 1.96. The first kappa shape index (κ1) is 12.8. The van der Waals surface area contributed by atoms with E-state index in [2.05, 4.69) is 9.97 Å². The van der Waals surface area contributed by atoms with Crippen LogP contribution in [0.25, 0.3) is 11.3 Å². The molecule has 1 aromatic heterocycles. The number of nitrogens with zero attached hydrogens (tertiary/aromatic N) is 1. The summed E-state index contributed by atoms with van der Waals surface area (Å²) in [5.74, 6) is 0. The normalized spacial score (nSPS) is 8.57. The molecule has 3 nitrogen and oxygen atoms in total. The largest absolute Gasteiger partial charge is 0.399 e. The van der Waals surface area contributed by atoms with E-state index >= 15 is 0 Å². The number of imidazole rings is 1. The van der Waals surface area contributed by atoms with E-state index in [0.29, 0.717) is 0 Å². The van der Waals surface area contributed by atoms with E-state index in [9.17, 15) is 0 Å². The maximum Gasteiger partial charge on any atom is 0.0924 e. The molecule has 3 N–H and O–H groups in total. The Bertz CT molecular complexity index is 356. The van der Waals surface area contributed by atoms with Crippen molar-refractivity contribution in [3.63, 3.8) is 0 Å². The van der Waals surface area contributed by atoms with Crippen molar-refractivity contribution >= 4 is 30.5 Å². The van der Waals surface area contributed by atoms with Crippen LogP contribution in [0.1, 0.15) is 0 Å². The summed E-state index contributed by atoms with van der Waals surface area (Å²) < 4.78 is 0. The predicted octanol–water partition coefficient (Wildman–Crippen LogP) is 2.50. The van der Waals surface area contributed by atoms with E-state index in [1.54, 1.807) is 12.5 Å². The molecule has 14 heavy (non-hydrogen) atoms. The Kier molecular flexibility index (Phi) is 5.05. The minimum atomic E-state index is 0. The summed E-state index contributed by atoms with van der Waals surface area (Å²) in [6, 6.07) is 7.66. The van der Waals surface area contributed by atoms with Crippen molar-refractivity contribution in [1.29, 1.82) is 0 Å². The lowest BCUT2D eigenvalue weighted by molar-refractivity contribution is 1.31. The molecular formula is C9H11Cl2N3. The molecule has 0 aliphatic rings. The highest BCUT2D eigenvalue weighted by atomic mass is 35.5. The van der Waals surface area contributed by atoms with Crippen molar-refractivity contribution in [2.24, 2.45) is 0 Å². The lowest BCUT2D eigenvalue weighted by Crippen LogP contribution is -1.83. The van der Waals surface area contributed by atoms with Gasteiger partial charge in [-0.2, -0.15) is 0 Å². The molecule has 1 aromatic carbocycles. The second-order valence-corrected chi connectivity index (χ2v) is 2.59. The third kappa shape index (κ3) is 2.65. The fourth-order valence-corrected chi connectivity index (χ4v) is 1.08. The van der Waals surface area contributed by atoms with Crippen LogP contribution in [-0.4, -0.2) is 9.97 Å². The smallest absolute Gasteiger partial charge is 0.0924 e. The van der Waals surface area contributed by atoms with Crippen molar-refractivity contribution in [2.45, 2.75) is 0 Å². The van der Waals surface area contributed by atoms with Gasteiger partial charge in [0.25, 0.3) is 0 Å². The highest BCUT2D eigenvalue weighted by Crippen LogP contribution is 2.16. The predicted molar refractivity (Wildman–Crippen MR) is 62.9 cm³/mol. The fraction of sp³-hybridized carbons (Fsp3) is 0. The van der Waals surface area contributed by atoms with Crippen LogP contribution in [-0.2, 0) is 0 Å². The van der Waals surface area contributed by atoms with E-state index in [1.807, 2.05) is 24.3 Å². The van der Waals surface area contributed by atoms with E-state index in [1.165, 1.54) is 0 Å². The van der Waals surface area contributed by atoms with Gasteiger partial charge in [-0.25, -0.2) is 4.98 Å². The van der Waals surface area contributed by atoms with Crippen molar-refractivity contribution in [2.75, 3.05) is 5.73 Å². The summed E-state index contributed by atoms with van der Waals surface area (Å²) in [5.41, 5.74) is 8.44. The van der Waals surface area contributed by atoms with Gasteiger partial charge < -0.3 is 10.7 Å². The minimum absolute atomic E-state index is 0. The number of hydrogen-bond donors (Lipinski definition) is 2. The van der Waals surface area contributed by atoms with Gasteiger partial charge in [0.15, 0.2) is 0 Å². The van der Waals surface area contributed by atoms with Gasteiger partial charge in [0, 0.05) is 5.69 Å². The van der Waals surface area contributed by atoms with E-state index in [-0.39, 0.29) is 24.8 Å². The monoisotopic (exact) mass is 231 g/mol. The van der Waals surface area contributed by atoms with Crippen LogP contribution in [0, 0.1) is 0 Å². The first-order valence-corrected chi connectivity index (χ1v) is 3.70. The molecular weight excluding hydrogens is 221 g/mol. The Labute approximate surface area is 94.6 Å². The minimum Gasteiger partial charge on any atom is -0.399 e. The molecule has 1 heterocycles. The number of hydrogen-bond acceptors (Lipinski definition) is 2. The van der Waals surface area contributed by atoms with Crippen LogP contribution < -0.4 is 5.73 Å². The Morgan fingerprint density at radius 2 is 1.71 bits per heavy atom. The Morgan fingerprint density at radius 3 is 2.21 bits per heavy atom. The molecule has 0 saturated carbocycles. The summed E-state index contributed by atoms with van der Waals surface area (Å²) in [5, 5.41) is 0. The van der Waals surface area contributed by atoms with Gasteiger partial charge in [-0.15, -0.1) is 24.8 Å². The fourth-order valence-electron chi connectivity index (χ4n) is 1.08. The summed E-state index contributed by atoms with van der Waals surface area (Å²) in [4.78, 5) is 6.96. The second kappa shape index (κ2) is 5.52. The molecule has 0 bridgehead atoms. The summed E-state index contributed by atoms with van der Waals surface area (Å²) in [7, 11) is 0. The molecule has 0 aliphatic carbocycles. The van der Waals surface area contributed by atoms with Crippen LogP contribution in [0.3, 0.4) is 0 Å². The Hall–Kier alpha value is -1.19. The number of nitrogens with two attached hydrogens (primary N) is 1. The number of nitrogen functional groups attached to an aromatic ring is 1. The number of halogens is 2. The van der Waals surface area contributed by atoms with E-state index in [4.69, 9.17) is 5.73 Å². The van der Waals surface area contributed by atoms with Crippen molar-refractivity contribution in [1.82, 2.24) is 9.97 Å². The number of H-pyrrole nitrogens is 1. The van der Waals surface area contributed by atoms with Crippen LogP contribution in [0.4, 0.5) is 5.69 Å². The molecule has 0 spiro atoms.